The first kappa shape index (κ1) is 15.0. The molecular weight excluding hydrogens is 370 g/mol. The van der Waals surface area contributed by atoms with Crippen LogP contribution in [0.3, 0.4) is 0 Å². The van der Waals surface area contributed by atoms with Crippen molar-refractivity contribution in [2.75, 3.05) is 7.11 Å². The smallest absolute Gasteiger partial charge is 0.333 e. The Balaban J connectivity index is 3.20. The molecule has 0 saturated carbocycles. The number of phenolic OH excluding ortho intramolecular Hbond substituents is 1. The van der Waals surface area contributed by atoms with Crippen molar-refractivity contribution < 1.29 is 19.4 Å². The quantitative estimate of drug-likeness (QED) is 0.788. The Labute approximate surface area is 121 Å². The molecule has 0 fully saturated rings. The molecule has 98 valence electrons. The molecule has 18 heavy (non-hydrogen) atoms. The number of esters is 1. The summed E-state index contributed by atoms with van der Waals surface area (Å²) in [5.41, 5.74) is 0.494. The van der Waals surface area contributed by atoms with Gasteiger partial charge in [-0.15, -0.1) is 0 Å². The lowest BCUT2D eigenvalue weighted by molar-refractivity contribution is -0.145. The van der Waals surface area contributed by atoms with Crippen LogP contribution in [0, 0.1) is 0 Å². The molecule has 1 rings (SSSR count). The summed E-state index contributed by atoms with van der Waals surface area (Å²) in [5, 5.41) is 12.1. The number of hydrogen-bond acceptors (Lipinski definition) is 4. The number of phenols is 1. The summed E-state index contributed by atoms with van der Waals surface area (Å²) in [6, 6.07) is 2.16. The van der Waals surface area contributed by atoms with Gasteiger partial charge in [-0.25, -0.2) is 4.79 Å². The number of halogens is 2. The molecule has 0 heterocycles. The van der Waals surface area contributed by atoms with Crippen molar-refractivity contribution >= 4 is 43.7 Å². The number of ether oxygens (including phenoxy) is 1. The minimum absolute atomic E-state index is 0.0187. The number of carbonyl (C=O) groups excluding carboxylic acids is 2. The van der Waals surface area contributed by atoms with Crippen molar-refractivity contribution in [3.05, 3.63) is 26.6 Å². The molecule has 1 aromatic carbocycles. The summed E-state index contributed by atoms with van der Waals surface area (Å²) in [4.78, 5) is 22.7. The Morgan fingerprint density at radius 2 is 1.83 bits per heavy atom. The van der Waals surface area contributed by atoms with Gasteiger partial charge >= 0.3 is 5.97 Å². The number of aromatic hydroxyl groups is 1. The van der Waals surface area contributed by atoms with Crippen LogP contribution in [-0.4, -0.2) is 24.1 Å². The van der Waals surface area contributed by atoms with Gasteiger partial charge in [0.1, 0.15) is 5.75 Å². The van der Waals surface area contributed by atoms with E-state index in [4.69, 9.17) is 0 Å². The van der Waals surface area contributed by atoms with Crippen LogP contribution in [0.25, 0.3) is 0 Å². The lowest BCUT2D eigenvalue weighted by atomic mass is 10.1. The van der Waals surface area contributed by atoms with Gasteiger partial charge in [0.2, 0.25) is 5.91 Å². The zero-order valence-corrected chi connectivity index (χ0v) is 12.8. The standard InChI is InChI=1S/C11H11Br2NO4/c1-5(15)14-9(11(17)18-2)6-3-7(12)10(16)8(13)4-6/h3-4,9,16H,1-2H3,(H,14,15)/t9-/m1/s1. The van der Waals surface area contributed by atoms with Crippen LogP contribution >= 0.6 is 31.9 Å². The molecule has 1 aromatic rings. The highest BCUT2D eigenvalue weighted by molar-refractivity contribution is 9.11. The molecule has 0 saturated heterocycles. The third kappa shape index (κ3) is 3.46. The van der Waals surface area contributed by atoms with E-state index in [1.54, 1.807) is 0 Å². The predicted molar refractivity (Wildman–Crippen MR) is 72.1 cm³/mol. The number of methoxy groups -OCH3 is 1. The normalized spacial score (nSPS) is 11.8. The zero-order valence-electron chi connectivity index (χ0n) is 9.66. The highest BCUT2D eigenvalue weighted by atomic mass is 79.9. The van der Waals surface area contributed by atoms with Gasteiger partial charge in [0, 0.05) is 6.92 Å². The summed E-state index contributed by atoms with van der Waals surface area (Å²) >= 11 is 6.32. The molecule has 0 aliphatic carbocycles. The second-order valence-corrected chi connectivity index (χ2v) is 5.20. The highest BCUT2D eigenvalue weighted by Gasteiger charge is 2.24. The Morgan fingerprint density at radius 1 is 1.33 bits per heavy atom. The van der Waals surface area contributed by atoms with E-state index in [0.717, 1.165) is 0 Å². The first-order valence-electron chi connectivity index (χ1n) is 4.89. The average Bonchev–Trinajstić information content (AvgIpc) is 2.31. The molecule has 0 aliphatic heterocycles. The third-order valence-corrected chi connectivity index (χ3v) is 3.37. The second-order valence-electron chi connectivity index (χ2n) is 3.49. The topological polar surface area (TPSA) is 75.6 Å². The fourth-order valence-corrected chi connectivity index (χ4v) is 2.57. The van der Waals surface area contributed by atoms with Gasteiger partial charge in [-0.2, -0.15) is 0 Å². The Morgan fingerprint density at radius 3 is 2.22 bits per heavy atom. The number of amides is 1. The van der Waals surface area contributed by atoms with Crippen LogP contribution in [0.5, 0.6) is 5.75 Å². The molecule has 5 nitrogen and oxygen atoms in total. The maximum Gasteiger partial charge on any atom is 0.333 e. The summed E-state index contributed by atoms with van der Waals surface area (Å²) in [7, 11) is 1.24. The maximum atomic E-state index is 11.6. The summed E-state index contributed by atoms with van der Waals surface area (Å²) in [6.07, 6.45) is 0. The van der Waals surface area contributed by atoms with Crippen LogP contribution in [0.2, 0.25) is 0 Å². The van der Waals surface area contributed by atoms with Gasteiger partial charge in [0.25, 0.3) is 0 Å². The summed E-state index contributed by atoms with van der Waals surface area (Å²) in [6.45, 7) is 1.31. The third-order valence-electron chi connectivity index (χ3n) is 2.16. The average molecular weight is 381 g/mol. The first-order valence-corrected chi connectivity index (χ1v) is 6.48. The molecule has 0 bridgehead atoms. The van der Waals surface area contributed by atoms with Crippen LogP contribution in [0.4, 0.5) is 0 Å². The summed E-state index contributed by atoms with van der Waals surface area (Å²) in [5.74, 6) is -0.925. The van der Waals surface area contributed by atoms with E-state index in [1.165, 1.54) is 26.2 Å². The second kappa shape index (κ2) is 6.19. The largest absolute Gasteiger partial charge is 0.506 e. The number of carbonyl (C=O) groups is 2. The maximum absolute atomic E-state index is 11.6. The van der Waals surface area contributed by atoms with E-state index in [0.29, 0.717) is 14.5 Å². The first-order chi connectivity index (χ1) is 8.36. The van der Waals surface area contributed by atoms with Crippen molar-refractivity contribution in [2.24, 2.45) is 0 Å². The van der Waals surface area contributed by atoms with Crippen molar-refractivity contribution in [1.29, 1.82) is 0 Å². The van der Waals surface area contributed by atoms with Gasteiger partial charge in [-0.1, -0.05) is 0 Å². The van der Waals surface area contributed by atoms with Crippen LogP contribution < -0.4 is 5.32 Å². The van der Waals surface area contributed by atoms with Crippen LogP contribution in [0.1, 0.15) is 18.5 Å². The molecule has 2 N–H and O–H groups in total. The van der Waals surface area contributed by atoms with E-state index in [2.05, 4.69) is 41.9 Å². The van der Waals surface area contributed by atoms with Crippen LogP contribution in [0.15, 0.2) is 21.1 Å². The lowest BCUT2D eigenvalue weighted by Crippen LogP contribution is -2.32. The SMILES string of the molecule is COC(=O)[C@H](NC(C)=O)c1cc(Br)c(O)c(Br)c1. The minimum Gasteiger partial charge on any atom is -0.506 e. The summed E-state index contributed by atoms with van der Waals surface area (Å²) < 4.78 is 5.45. The fraction of sp³-hybridized carbons (Fsp3) is 0.273. The molecule has 7 heteroatoms. The Kier molecular flexibility index (Phi) is 5.15. The number of nitrogens with one attached hydrogen (secondary N) is 1. The van der Waals surface area contributed by atoms with Crippen molar-refractivity contribution in [2.45, 2.75) is 13.0 Å². The van der Waals surface area contributed by atoms with Crippen molar-refractivity contribution in [3.63, 3.8) is 0 Å². The Bertz CT molecular complexity index is 467. The minimum atomic E-state index is -0.916. The monoisotopic (exact) mass is 379 g/mol. The highest BCUT2D eigenvalue weighted by Crippen LogP contribution is 2.35. The van der Waals surface area contributed by atoms with Crippen LogP contribution in [-0.2, 0) is 14.3 Å². The van der Waals surface area contributed by atoms with E-state index < -0.39 is 12.0 Å². The predicted octanol–water partition coefficient (Wildman–Crippen LogP) is 2.27. The van der Waals surface area contributed by atoms with Gasteiger partial charge in [0.15, 0.2) is 6.04 Å². The molecule has 0 aromatic heterocycles. The molecule has 0 unspecified atom stereocenters. The molecule has 0 radical (unpaired) electrons. The van der Waals surface area contributed by atoms with E-state index in [9.17, 15) is 14.7 Å². The van der Waals surface area contributed by atoms with E-state index in [1.807, 2.05) is 0 Å². The van der Waals surface area contributed by atoms with Gasteiger partial charge in [0.05, 0.1) is 16.1 Å². The molecule has 0 aliphatic rings. The zero-order chi connectivity index (χ0) is 13.9. The molecule has 0 spiro atoms. The molecular formula is C11H11Br2NO4. The number of benzene rings is 1. The van der Waals surface area contributed by atoms with E-state index >= 15 is 0 Å². The lowest BCUT2D eigenvalue weighted by Gasteiger charge is -2.17. The van der Waals surface area contributed by atoms with E-state index in [-0.39, 0.29) is 11.7 Å². The van der Waals surface area contributed by atoms with Gasteiger partial charge in [-0.05, 0) is 49.6 Å². The number of hydrogen-bond donors (Lipinski definition) is 2. The molecule has 1 amide bonds. The number of rotatable bonds is 3. The fourth-order valence-electron chi connectivity index (χ4n) is 1.35. The Hall–Kier alpha value is -1.08. The van der Waals surface area contributed by atoms with Crippen molar-refractivity contribution in [1.82, 2.24) is 5.32 Å². The van der Waals surface area contributed by atoms with Crippen molar-refractivity contribution in [3.8, 4) is 5.75 Å². The van der Waals surface area contributed by atoms with Gasteiger partial charge < -0.3 is 15.2 Å². The molecule has 1 atom stereocenters. The van der Waals surface area contributed by atoms with Gasteiger partial charge in [-0.3, -0.25) is 4.79 Å².